The fourth-order valence-corrected chi connectivity index (χ4v) is 1.86. The average Bonchev–Trinajstić information content (AvgIpc) is 2.92. The van der Waals surface area contributed by atoms with Crippen molar-refractivity contribution in [3.8, 4) is 0 Å². The smallest absolute Gasteiger partial charge is 0.312 e. The van der Waals surface area contributed by atoms with Crippen LogP contribution >= 0.6 is 0 Å². The second-order valence-electron chi connectivity index (χ2n) is 3.66. The molecule has 2 rings (SSSR count). The third-order valence-electron chi connectivity index (χ3n) is 2.68. The molecule has 15 heavy (non-hydrogen) atoms. The Bertz CT molecular complexity index is 350. The van der Waals surface area contributed by atoms with Crippen molar-refractivity contribution >= 4 is 5.97 Å². The van der Waals surface area contributed by atoms with Crippen LogP contribution in [0.5, 0.6) is 0 Å². The largest absolute Gasteiger partial charge is 0.466 e. The van der Waals surface area contributed by atoms with E-state index in [0.717, 1.165) is 5.56 Å². The van der Waals surface area contributed by atoms with Crippen LogP contribution in [0.2, 0.25) is 0 Å². The highest BCUT2D eigenvalue weighted by Gasteiger charge is 2.57. The van der Waals surface area contributed by atoms with E-state index in [1.165, 1.54) is 0 Å². The van der Waals surface area contributed by atoms with E-state index in [2.05, 4.69) is 0 Å². The van der Waals surface area contributed by atoms with E-state index in [0.29, 0.717) is 6.61 Å². The summed E-state index contributed by atoms with van der Waals surface area (Å²) in [5.74, 6) is -1.31. The minimum absolute atomic E-state index is 0.301. The van der Waals surface area contributed by atoms with Gasteiger partial charge in [0.1, 0.15) is 6.17 Å². The number of halogens is 1. The van der Waals surface area contributed by atoms with E-state index in [-0.39, 0.29) is 5.92 Å². The van der Waals surface area contributed by atoms with Crippen LogP contribution in [-0.4, -0.2) is 18.7 Å². The average molecular weight is 208 g/mol. The van der Waals surface area contributed by atoms with E-state index < -0.39 is 18.1 Å². The van der Waals surface area contributed by atoms with Crippen LogP contribution in [0.15, 0.2) is 30.3 Å². The first-order valence-corrected chi connectivity index (χ1v) is 5.11. The zero-order valence-corrected chi connectivity index (χ0v) is 8.52. The Balaban J connectivity index is 2.06. The Kier molecular flexibility index (Phi) is 2.71. The van der Waals surface area contributed by atoms with E-state index >= 15 is 0 Å². The fourth-order valence-electron chi connectivity index (χ4n) is 1.86. The summed E-state index contributed by atoms with van der Waals surface area (Å²) in [6.07, 6.45) is -1.08. The SMILES string of the molecule is CCOC(=O)[C@@H]1C(c2ccccc2)[C@@H]1F. The van der Waals surface area contributed by atoms with Crippen LogP contribution in [0.3, 0.4) is 0 Å². The molecule has 0 saturated heterocycles. The van der Waals surface area contributed by atoms with Gasteiger partial charge in [-0.05, 0) is 12.5 Å². The number of ether oxygens (including phenoxy) is 1. The van der Waals surface area contributed by atoms with Gasteiger partial charge >= 0.3 is 5.97 Å². The zero-order valence-electron chi connectivity index (χ0n) is 8.52. The first kappa shape index (κ1) is 10.1. The van der Waals surface area contributed by atoms with Crippen molar-refractivity contribution < 1.29 is 13.9 Å². The molecule has 0 spiro atoms. The van der Waals surface area contributed by atoms with E-state index in [1.807, 2.05) is 30.3 Å². The molecule has 1 saturated carbocycles. The van der Waals surface area contributed by atoms with Gasteiger partial charge in [-0.25, -0.2) is 4.39 Å². The van der Waals surface area contributed by atoms with Gasteiger partial charge in [0.05, 0.1) is 12.5 Å². The molecule has 3 heteroatoms. The molecule has 1 aliphatic rings. The molecule has 1 aromatic rings. The molecule has 1 fully saturated rings. The lowest BCUT2D eigenvalue weighted by atomic mass is 10.1. The molecular formula is C12H13FO2. The summed E-state index contributed by atoms with van der Waals surface area (Å²) in [5.41, 5.74) is 0.878. The Hall–Kier alpha value is -1.38. The van der Waals surface area contributed by atoms with Crippen LogP contribution in [0.4, 0.5) is 4.39 Å². The number of hydrogen-bond donors (Lipinski definition) is 0. The Labute approximate surface area is 88.1 Å². The lowest BCUT2D eigenvalue weighted by Crippen LogP contribution is -2.08. The Morgan fingerprint density at radius 3 is 2.67 bits per heavy atom. The number of alkyl halides is 1. The van der Waals surface area contributed by atoms with E-state index in [1.54, 1.807) is 6.92 Å². The number of esters is 1. The monoisotopic (exact) mass is 208 g/mol. The first-order valence-electron chi connectivity index (χ1n) is 5.11. The molecule has 1 aliphatic carbocycles. The second kappa shape index (κ2) is 4.01. The highest BCUT2D eigenvalue weighted by atomic mass is 19.1. The minimum Gasteiger partial charge on any atom is -0.466 e. The molecule has 0 N–H and O–H groups in total. The molecule has 0 bridgehead atoms. The van der Waals surface area contributed by atoms with Gasteiger partial charge in [-0.2, -0.15) is 0 Å². The number of benzene rings is 1. The predicted octanol–water partition coefficient (Wildman–Crippen LogP) is 2.30. The van der Waals surface area contributed by atoms with Crippen molar-refractivity contribution in [1.29, 1.82) is 0 Å². The summed E-state index contributed by atoms with van der Waals surface area (Å²) < 4.78 is 18.2. The third kappa shape index (κ3) is 1.87. The van der Waals surface area contributed by atoms with E-state index in [4.69, 9.17) is 4.74 Å². The predicted molar refractivity (Wildman–Crippen MR) is 54.2 cm³/mol. The standard InChI is InChI=1S/C12H13FO2/c1-2-15-12(14)10-9(11(10)13)8-6-4-3-5-7-8/h3-7,9-11H,2H2,1H3/t9?,10-,11+/m1/s1. The van der Waals surface area contributed by atoms with Crippen molar-refractivity contribution in [2.24, 2.45) is 5.92 Å². The molecule has 3 atom stereocenters. The first-order chi connectivity index (χ1) is 7.25. The highest BCUT2D eigenvalue weighted by Crippen LogP contribution is 2.50. The molecule has 1 aromatic carbocycles. The van der Waals surface area contributed by atoms with Crippen molar-refractivity contribution in [1.82, 2.24) is 0 Å². The fraction of sp³-hybridized carbons (Fsp3) is 0.417. The van der Waals surface area contributed by atoms with Gasteiger partial charge in [0.15, 0.2) is 0 Å². The van der Waals surface area contributed by atoms with Crippen LogP contribution in [0.1, 0.15) is 18.4 Å². The van der Waals surface area contributed by atoms with Gasteiger partial charge in [-0.1, -0.05) is 30.3 Å². The molecule has 0 aliphatic heterocycles. The normalized spacial score (nSPS) is 28.5. The molecule has 0 aromatic heterocycles. The summed E-state index contributed by atoms with van der Waals surface area (Å²) in [6.45, 7) is 2.04. The van der Waals surface area contributed by atoms with Crippen molar-refractivity contribution in [3.63, 3.8) is 0 Å². The summed E-state index contributed by atoms with van der Waals surface area (Å²) >= 11 is 0. The quantitative estimate of drug-likeness (QED) is 0.712. The molecule has 0 radical (unpaired) electrons. The Morgan fingerprint density at radius 2 is 2.07 bits per heavy atom. The van der Waals surface area contributed by atoms with Crippen LogP contribution < -0.4 is 0 Å². The number of hydrogen-bond acceptors (Lipinski definition) is 2. The maximum absolute atomic E-state index is 13.4. The molecule has 1 unspecified atom stereocenters. The number of carbonyl (C=O) groups is 1. The lowest BCUT2D eigenvalue weighted by Gasteiger charge is -1.99. The summed E-state index contributed by atoms with van der Waals surface area (Å²) in [4.78, 5) is 11.3. The lowest BCUT2D eigenvalue weighted by molar-refractivity contribution is -0.145. The maximum Gasteiger partial charge on any atom is 0.312 e. The van der Waals surface area contributed by atoms with Gasteiger partial charge in [0.2, 0.25) is 0 Å². The maximum atomic E-state index is 13.4. The molecular weight excluding hydrogens is 195 g/mol. The van der Waals surface area contributed by atoms with Gasteiger partial charge in [-0.3, -0.25) is 4.79 Å². The molecule has 0 amide bonds. The summed E-state index contributed by atoms with van der Waals surface area (Å²) in [6, 6.07) is 9.26. The van der Waals surface area contributed by atoms with Crippen LogP contribution in [0.25, 0.3) is 0 Å². The van der Waals surface area contributed by atoms with Gasteiger partial charge in [0, 0.05) is 5.92 Å². The van der Waals surface area contributed by atoms with E-state index in [9.17, 15) is 9.18 Å². The van der Waals surface area contributed by atoms with Crippen molar-refractivity contribution in [3.05, 3.63) is 35.9 Å². The van der Waals surface area contributed by atoms with Gasteiger partial charge in [-0.15, -0.1) is 0 Å². The van der Waals surface area contributed by atoms with Gasteiger partial charge < -0.3 is 4.74 Å². The second-order valence-corrected chi connectivity index (χ2v) is 3.66. The van der Waals surface area contributed by atoms with Gasteiger partial charge in [0.25, 0.3) is 0 Å². The van der Waals surface area contributed by atoms with Crippen molar-refractivity contribution in [2.75, 3.05) is 6.61 Å². The molecule has 80 valence electrons. The topological polar surface area (TPSA) is 26.3 Å². The Morgan fingerprint density at radius 1 is 1.40 bits per heavy atom. The number of carbonyl (C=O) groups excluding carboxylic acids is 1. The third-order valence-corrected chi connectivity index (χ3v) is 2.68. The number of rotatable bonds is 3. The molecule has 0 heterocycles. The molecule has 2 nitrogen and oxygen atoms in total. The van der Waals surface area contributed by atoms with Crippen LogP contribution in [0, 0.1) is 5.92 Å². The highest BCUT2D eigenvalue weighted by molar-refractivity contribution is 5.79. The van der Waals surface area contributed by atoms with Crippen LogP contribution in [-0.2, 0) is 9.53 Å². The summed E-state index contributed by atoms with van der Waals surface area (Å²) in [5, 5.41) is 0. The zero-order chi connectivity index (χ0) is 10.8. The minimum atomic E-state index is -1.08. The van der Waals surface area contributed by atoms with Crippen molar-refractivity contribution in [2.45, 2.75) is 19.0 Å². The summed E-state index contributed by atoms with van der Waals surface area (Å²) in [7, 11) is 0.